The minimum absolute atomic E-state index is 0.0525. The molecule has 1 heterocycles. The summed E-state index contributed by atoms with van der Waals surface area (Å²) >= 11 is 12.0. The van der Waals surface area contributed by atoms with E-state index in [1.807, 2.05) is 22.8 Å². The van der Waals surface area contributed by atoms with Crippen LogP contribution in [0.2, 0.25) is 5.02 Å². The Labute approximate surface area is 122 Å². The Kier molecular flexibility index (Phi) is 5.05. The first-order chi connectivity index (χ1) is 9.19. The van der Waals surface area contributed by atoms with Crippen LogP contribution in [0.4, 0.5) is 0 Å². The SMILES string of the molecule is COCC(Cn1c(CCl)nc2ccc(Cl)cc21)OC. The molecule has 6 heteroatoms. The van der Waals surface area contributed by atoms with Gasteiger partial charge in [0.15, 0.2) is 0 Å². The largest absolute Gasteiger partial charge is 0.382 e. The number of ether oxygens (including phenoxy) is 2. The van der Waals surface area contributed by atoms with Gasteiger partial charge in [0.05, 0.1) is 36.2 Å². The molecular formula is C13H16Cl2N2O2. The molecule has 0 spiro atoms. The molecule has 0 saturated carbocycles. The molecule has 104 valence electrons. The summed E-state index contributed by atoms with van der Waals surface area (Å²) in [4.78, 5) is 4.50. The van der Waals surface area contributed by atoms with E-state index in [1.165, 1.54) is 0 Å². The highest BCUT2D eigenvalue weighted by Crippen LogP contribution is 2.22. The fourth-order valence-corrected chi connectivity index (χ4v) is 2.41. The monoisotopic (exact) mass is 302 g/mol. The number of methoxy groups -OCH3 is 2. The zero-order valence-electron chi connectivity index (χ0n) is 10.9. The summed E-state index contributed by atoms with van der Waals surface area (Å²) in [6.45, 7) is 1.14. The van der Waals surface area contributed by atoms with Crippen molar-refractivity contribution in [3.05, 3.63) is 29.0 Å². The predicted molar refractivity (Wildman–Crippen MR) is 77.0 cm³/mol. The average molecular weight is 303 g/mol. The maximum absolute atomic E-state index is 6.04. The topological polar surface area (TPSA) is 36.3 Å². The summed E-state index contributed by atoms with van der Waals surface area (Å²) < 4.78 is 12.6. The molecule has 1 aromatic carbocycles. The van der Waals surface area contributed by atoms with Gasteiger partial charge in [-0.05, 0) is 18.2 Å². The zero-order valence-corrected chi connectivity index (χ0v) is 12.4. The minimum Gasteiger partial charge on any atom is -0.382 e. The van der Waals surface area contributed by atoms with Crippen molar-refractivity contribution >= 4 is 34.2 Å². The van der Waals surface area contributed by atoms with Crippen LogP contribution in [0.5, 0.6) is 0 Å². The maximum Gasteiger partial charge on any atom is 0.124 e. The number of nitrogens with zero attached hydrogens (tertiary/aromatic N) is 2. The number of hydrogen-bond donors (Lipinski definition) is 0. The molecule has 19 heavy (non-hydrogen) atoms. The number of hydrogen-bond acceptors (Lipinski definition) is 3. The first-order valence-corrected chi connectivity index (χ1v) is 6.83. The summed E-state index contributed by atoms with van der Waals surface area (Å²) in [7, 11) is 3.31. The predicted octanol–water partition coefficient (Wildman–Crippen LogP) is 3.09. The van der Waals surface area contributed by atoms with Gasteiger partial charge in [0.2, 0.25) is 0 Å². The lowest BCUT2D eigenvalue weighted by atomic mass is 10.3. The van der Waals surface area contributed by atoms with Gasteiger partial charge in [-0.15, -0.1) is 11.6 Å². The van der Waals surface area contributed by atoms with Gasteiger partial charge in [0.25, 0.3) is 0 Å². The molecule has 0 aliphatic heterocycles. The summed E-state index contributed by atoms with van der Waals surface area (Å²) in [5, 5.41) is 0.676. The van der Waals surface area contributed by atoms with Crippen molar-refractivity contribution in [2.24, 2.45) is 0 Å². The van der Waals surface area contributed by atoms with Crippen LogP contribution >= 0.6 is 23.2 Å². The highest BCUT2D eigenvalue weighted by Gasteiger charge is 2.15. The number of benzene rings is 1. The third-order valence-electron chi connectivity index (χ3n) is 2.98. The van der Waals surface area contributed by atoms with Crippen LogP contribution in [0.1, 0.15) is 5.82 Å². The van der Waals surface area contributed by atoms with Crippen LogP contribution in [-0.2, 0) is 21.9 Å². The molecule has 1 aromatic heterocycles. The van der Waals surface area contributed by atoms with Crippen molar-refractivity contribution < 1.29 is 9.47 Å². The third kappa shape index (κ3) is 3.20. The van der Waals surface area contributed by atoms with Gasteiger partial charge >= 0.3 is 0 Å². The molecule has 1 unspecified atom stereocenters. The molecule has 0 radical (unpaired) electrons. The summed E-state index contributed by atoms with van der Waals surface area (Å²) in [6, 6.07) is 5.60. The van der Waals surface area contributed by atoms with Gasteiger partial charge in [0, 0.05) is 19.2 Å². The molecule has 0 fully saturated rings. The molecule has 0 amide bonds. The van der Waals surface area contributed by atoms with Crippen LogP contribution in [0, 0.1) is 0 Å². The zero-order chi connectivity index (χ0) is 13.8. The Morgan fingerprint density at radius 2 is 2.16 bits per heavy atom. The van der Waals surface area contributed by atoms with Crippen LogP contribution in [0.25, 0.3) is 11.0 Å². The van der Waals surface area contributed by atoms with Gasteiger partial charge in [0.1, 0.15) is 5.82 Å². The van der Waals surface area contributed by atoms with Gasteiger partial charge < -0.3 is 14.0 Å². The van der Waals surface area contributed by atoms with Crippen LogP contribution in [0.3, 0.4) is 0 Å². The third-order valence-corrected chi connectivity index (χ3v) is 3.46. The van der Waals surface area contributed by atoms with E-state index in [2.05, 4.69) is 4.98 Å². The Morgan fingerprint density at radius 1 is 1.37 bits per heavy atom. The van der Waals surface area contributed by atoms with Crippen LogP contribution < -0.4 is 0 Å². The number of aromatic nitrogens is 2. The van der Waals surface area contributed by atoms with Gasteiger partial charge in [-0.3, -0.25) is 0 Å². The number of fused-ring (bicyclic) bond motifs is 1. The lowest BCUT2D eigenvalue weighted by Gasteiger charge is -2.17. The van der Waals surface area contributed by atoms with E-state index in [1.54, 1.807) is 14.2 Å². The Hall–Kier alpha value is -0.810. The minimum atomic E-state index is -0.0525. The molecule has 2 aromatic rings. The molecular weight excluding hydrogens is 287 g/mol. The van der Waals surface area contributed by atoms with Gasteiger partial charge in [-0.25, -0.2) is 4.98 Å². The molecule has 4 nitrogen and oxygen atoms in total. The highest BCUT2D eigenvalue weighted by molar-refractivity contribution is 6.31. The molecule has 1 atom stereocenters. The summed E-state index contributed by atoms with van der Waals surface area (Å²) in [5.74, 6) is 1.15. The lowest BCUT2D eigenvalue weighted by molar-refractivity contribution is 0.0186. The summed E-state index contributed by atoms with van der Waals surface area (Å²) in [6.07, 6.45) is -0.0525. The Bertz CT molecular complexity index is 557. The molecule has 0 saturated heterocycles. The lowest BCUT2D eigenvalue weighted by Crippen LogP contribution is -2.24. The molecule has 0 aliphatic rings. The van der Waals surface area contributed by atoms with Crippen molar-refractivity contribution in [3.8, 4) is 0 Å². The fraction of sp³-hybridized carbons (Fsp3) is 0.462. The highest BCUT2D eigenvalue weighted by atomic mass is 35.5. The van der Waals surface area contributed by atoms with E-state index in [-0.39, 0.29) is 6.10 Å². The van der Waals surface area contributed by atoms with Crippen molar-refractivity contribution in [1.29, 1.82) is 0 Å². The number of rotatable bonds is 6. The van der Waals surface area contributed by atoms with Crippen LogP contribution in [0.15, 0.2) is 18.2 Å². The van der Waals surface area contributed by atoms with E-state index < -0.39 is 0 Å². The first-order valence-electron chi connectivity index (χ1n) is 5.92. The van der Waals surface area contributed by atoms with E-state index in [4.69, 9.17) is 32.7 Å². The maximum atomic E-state index is 6.04. The second-order valence-corrected chi connectivity index (χ2v) is 4.92. The summed E-state index contributed by atoms with van der Waals surface area (Å²) in [5.41, 5.74) is 1.84. The molecule has 2 rings (SSSR count). The van der Waals surface area contributed by atoms with E-state index >= 15 is 0 Å². The Balaban J connectivity index is 2.41. The van der Waals surface area contributed by atoms with Crippen LogP contribution in [-0.4, -0.2) is 36.5 Å². The first kappa shape index (κ1) is 14.6. The fourth-order valence-electron chi connectivity index (χ4n) is 2.04. The normalized spacial score (nSPS) is 13.1. The van der Waals surface area contributed by atoms with Gasteiger partial charge in [-0.2, -0.15) is 0 Å². The molecule has 0 N–H and O–H groups in total. The van der Waals surface area contributed by atoms with Crippen molar-refractivity contribution in [1.82, 2.24) is 9.55 Å². The number of halogens is 2. The Morgan fingerprint density at radius 3 is 2.79 bits per heavy atom. The van der Waals surface area contributed by atoms with E-state index in [0.717, 1.165) is 16.9 Å². The second kappa shape index (κ2) is 6.57. The molecule has 0 aliphatic carbocycles. The van der Waals surface area contributed by atoms with Crippen molar-refractivity contribution in [2.75, 3.05) is 20.8 Å². The van der Waals surface area contributed by atoms with E-state index in [0.29, 0.717) is 24.1 Å². The quantitative estimate of drug-likeness (QED) is 0.769. The number of imidazole rings is 1. The number of alkyl halides is 1. The second-order valence-electron chi connectivity index (χ2n) is 4.22. The average Bonchev–Trinajstić information content (AvgIpc) is 2.75. The smallest absolute Gasteiger partial charge is 0.124 e. The van der Waals surface area contributed by atoms with Crippen molar-refractivity contribution in [3.63, 3.8) is 0 Å². The van der Waals surface area contributed by atoms with Crippen molar-refractivity contribution in [2.45, 2.75) is 18.5 Å². The standard InChI is InChI=1S/C13H16Cl2N2O2/c1-18-8-10(19-2)7-17-12-5-9(15)3-4-11(12)16-13(17)6-14/h3-5,10H,6-8H2,1-2H3. The van der Waals surface area contributed by atoms with Gasteiger partial charge in [-0.1, -0.05) is 11.6 Å². The molecule has 0 bridgehead atoms. The van der Waals surface area contributed by atoms with E-state index in [9.17, 15) is 0 Å².